The minimum Gasteiger partial charge on any atom is -0.496 e. The zero-order valence-electron chi connectivity index (χ0n) is 19.3. The molecule has 7 nitrogen and oxygen atoms in total. The van der Waals surface area contributed by atoms with Gasteiger partial charge in [-0.1, -0.05) is 30.4 Å². The molecule has 3 heterocycles. The second kappa shape index (κ2) is 9.51. The van der Waals surface area contributed by atoms with Crippen molar-refractivity contribution in [3.8, 4) is 5.75 Å². The van der Waals surface area contributed by atoms with Gasteiger partial charge in [-0.25, -0.2) is 4.98 Å². The minimum absolute atomic E-state index is 0.0411. The minimum atomic E-state index is -0.0411. The number of H-pyrrole nitrogens is 1. The fraction of sp³-hybridized carbons (Fsp3) is 0.500. The first-order valence-electron chi connectivity index (χ1n) is 12.0. The number of amides is 1. The lowest BCUT2D eigenvalue weighted by atomic mass is 10.0. The number of hydrogen-bond donors (Lipinski definition) is 1. The highest BCUT2D eigenvalue weighted by molar-refractivity contribution is 5.77. The standard InChI is InChI=1S/C26H32N4O3/c1-33-23-9-5-4-8-19(23)15-29-12-11-22-21(17-29)26(32)28-25(27-22)20-10-13-30(16-20)24(31)14-18-6-2-3-7-18/h2,4-6,8-9,18,20H,3,7,10-17H2,1H3,(H,27,28,32). The van der Waals surface area contributed by atoms with Crippen molar-refractivity contribution in [1.29, 1.82) is 0 Å². The van der Waals surface area contributed by atoms with Crippen LogP contribution in [0.3, 0.4) is 0 Å². The Hall–Kier alpha value is -2.93. The monoisotopic (exact) mass is 448 g/mol. The van der Waals surface area contributed by atoms with Crippen LogP contribution in [0.15, 0.2) is 41.2 Å². The Kier molecular flexibility index (Phi) is 6.31. The molecule has 0 bridgehead atoms. The van der Waals surface area contributed by atoms with Crippen LogP contribution in [0.2, 0.25) is 0 Å². The highest BCUT2D eigenvalue weighted by Gasteiger charge is 2.31. The number of carbonyl (C=O) groups is 1. The van der Waals surface area contributed by atoms with Gasteiger partial charge in [0.2, 0.25) is 5.91 Å². The zero-order chi connectivity index (χ0) is 22.8. The van der Waals surface area contributed by atoms with Gasteiger partial charge in [-0.2, -0.15) is 0 Å². The second-order valence-corrected chi connectivity index (χ2v) is 9.44. The number of nitrogens with zero attached hydrogens (tertiary/aromatic N) is 3. The van der Waals surface area contributed by atoms with Crippen molar-refractivity contribution >= 4 is 5.91 Å². The number of allylic oxidation sites excluding steroid dienone is 2. The number of methoxy groups -OCH3 is 1. The maximum Gasteiger partial charge on any atom is 0.255 e. The highest BCUT2D eigenvalue weighted by Crippen LogP contribution is 2.29. The average molecular weight is 449 g/mol. The predicted molar refractivity (Wildman–Crippen MR) is 126 cm³/mol. The van der Waals surface area contributed by atoms with E-state index in [9.17, 15) is 9.59 Å². The summed E-state index contributed by atoms with van der Waals surface area (Å²) in [7, 11) is 1.68. The van der Waals surface area contributed by atoms with Crippen LogP contribution in [-0.4, -0.2) is 52.4 Å². The van der Waals surface area contributed by atoms with Gasteiger partial charge in [0.1, 0.15) is 11.6 Å². The molecule has 33 heavy (non-hydrogen) atoms. The number of rotatable bonds is 6. The number of hydrogen-bond acceptors (Lipinski definition) is 5. The summed E-state index contributed by atoms with van der Waals surface area (Å²) in [5.74, 6) is 2.33. The molecule has 1 saturated heterocycles. The summed E-state index contributed by atoms with van der Waals surface area (Å²) in [6.45, 7) is 3.57. The van der Waals surface area contributed by atoms with Crippen LogP contribution in [0.25, 0.3) is 0 Å². The molecule has 1 aromatic carbocycles. The van der Waals surface area contributed by atoms with E-state index in [1.807, 2.05) is 23.1 Å². The average Bonchev–Trinajstić information content (AvgIpc) is 3.52. The molecule has 2 unspecified atom stereocenters. The van der Waals surface area contributed by atoms with Crippen LogP contribution in [-0.2, 0) is 24.3 Å². The van der Waals surface area contributed by atoms with Crippen LogP contribution >= 0.6 is 0 Å². The van der Waals surface area contributed by atoms with Crippen molar-refractivity contribution in [1.82, 2.24) is 19.8 Å². The molecule has 7 heteroatoms. The fourth-order valence-electron chi connectivity index (χ4n) is 5.33. The van der Waals surface area contributed by atoms with Gasteiger partial charge in [-0.05, 0) is 31.2 Å². The van der Waals surface area contributed by atoms with Gasteiger partial charge in [0.15, 0.2) is 0 Å². The van der Waals surface area contributed by atoms with Crippen LogP contribution < -0.4 is 10.3 Å². The van der Waals surface area contributed by atoms with Gasteiger partial charge in [-0.3, -0.25) is 14.5 Å². The van der Waals surface area contributed by atoms with E-state index in [2.05, 4.69) is 28.1 Å². The van der Waals surface area contributed by atoms with Gasteiger partial charge >= 0.3 is 0 Å². The SMILES string of the molecule is COc1ccccc1CN1CCc2nc(C3CCN(C(=O)CC4C=CCC4)C3)[nH]c(=O)c2C1. The van der Waals surface area contributed by atoms with E-state index in [0.717, 1.165) is 73.7 Å². The number of likely N-dealkylation sites (tertiary alicyclic amines) is 1. The van der Waals surface area contributed by atoms with E-state index >= 15 is 0 Å². The van der Waals surface area contributed by atoms with E-state index < -0.39 is 0 Å². The molecule has 0 radical (unpaired) electrons. The van der Waals surface area contributed by atoms with Gasteiger partial charge < -0.3 is 14.6 Å². The van der Waals surface area contributed by atoms with Crippen LogP contribution in [0.1, 0.15) is 54.2 Å². The largest absolute Gasteiger partial charge is 0.496 e. The third-order valence-electron chi connectivity index (χ3n) is 7.23. The Bertz CT molecular complexity index is 1110. The smallest absolute Gasteiger partial charge is 0.255 e. The van der Waals surface area contributed by atoms with Crippen molar-refractivity contribution in [2.24, 2.45) is 5.92 Å². The summed E-state index contributed by atoms with van der Waals surface area (Å²) in [4.78, 5) is 37.8. The van der Waals surface area contributed by atoms with Gasteiger partial charge in [0.05, 0.1) is 18.4 Å². The number of carbonyl (C=O) groups excluding carboxylic acids is 1. The molecule has 1 aliphatic carbocycles. The summed E-state index contributed by atoms with van der Waals surface area (Å²) in [5.41, 5.74) is 2.75. The van der Waals surface area contributed by atoms with E-state index in [4.69, 9.17) is 9.72 Å². The number of fused-ring (bicyclic) bond motifs is 1. The van der Waals surface area contributed by atoms with Crippen LogP contribution in [0, 0.1) is 5.92 Å². The number of benzene rings is 1. The third kappa shape index (κ3) is 4.74. The summed E-state index contributed by atoms with van der Waals surface area (Å²) in [6, 6.07) is 8.01. The van der Waals surface area contributed by atoms with Gasteiger partial charge in [0, 0.05) is 57.0 Å². The first-order chi connectivity index (χ1) is 16.1. The molecule has 0 spiro atoms. The molecule has 2 aliphatic heterocycles. The summed E-state index contributed by atoms with van der Waals surface area (Å²) < 4.78 is 5.48. The molecule has 174 valence electrons. The van der Waals surface area contributed by atoms with E-state index in [1.165, 1.54) is 0 Å². The Morgan fingerprint density at radius 1 is 1.24 bits per heavy atom. The number of ether oxygens (including phenoxy) is 1. The Labute approximate surface area is 194 Å². The van der Waals surface area contributed by atoms with Crippen LogP contribution in [0.4, 0.5) is 0 Å². The highest BCUT2D eigenvalue weighted by atomic mass is 16.5. The van der Waals surface area contributed by atoms with Gasteiger partial charge in [-0.15, -0.1) is 0 Å². The third-order valence-corrected chi connectivity index (χ3v) is 7.23. The van der Waals surface area contributed by atoms with Crippen molar-refractivity contribution in [3.05, 3.63) is 69.4 Å². The Morgan fingerprint density at radius 3 is 2.94 bits per heavy atom. The van der Waals surface area contributed by atoms with Crippen LogP contribution in [0.5, 0.6) is 5.75 Å². The van der Waals surface area contributed by atoms with E-state index in [1.54, 1.807) is 7.11 Å². The first-order valence-corrected chi connectivity index (χ1v) is 12.0. The predicted octanol–water partition coefficient (Wildman–Crippen LogP) is 3.01. The van der Waals surface area contributed by atoms with E-state index in [0.29, 0.717) is 25.4 Å². The quantitative estimate of drug-likeness (QED) is 0.688. The molecule has 1 aromatic heterocycles. The van der Waals surface area contributed by atoms with Crippen molar-refractivity contribution in [2.45, 2.75) is 51.1 Å². The Balaban J connectivity index is 1.24. The summed E-state index contributed by atoms with van der Waals surface area (Å²) in [5, 5.41) is 0. The topological polar surface area (TPSA) is 78.5 Å². The number of aromatic amines is 1. The maximum absolute atomic E-state index is 13.0. The van der Waals surface area contributed by atoms with Gasteiger partial charge in [0.25, 0.3) is 5.56 Å². The maximum atomic E-state index is 13.0. The van der Waals surface area contributed by atoms with E-state index in [-0.39, 0.29) is 17.4 Å². The summed E-state index contributed by atoms with van der Waals surface area (Å²) >= 11 is 0. The molecule has 1 N–H and O–H groups in total. The molecule has 2 atom stereocenters. The molecule has 5 rings (SSSR count). The molecule has 2 aromatic rings. The van der Waals surface area contributed by atoms with Crippen molar-refractivity contribution < 1.29 is 9.53 Å². The number of para-hydroxylation sites is 1. The zero-order valence-corrected chi connectivity index (χ0v) is 19.3. The number of nitrogens with one attached hydrogen (secondary N) is 1. The first kappa shape index (κ1) is 21.9. The normalized spacial score (nSPS) is 22.5. The molecular weight excluding hydrogens is 416 g/mol. The summed E-state index contributed by atoms with van der Waals surface area (Å²) in [6.07, 6.45) is 8.71. The molecule has 1 fully saturated rings. The lowest BCUT2D eigenvalue weighted by Crippen LogP contribution is -2.36. The van der Waals surface area contributed by atoms with Crippen molar-refractivity contribution in [2.75, 3.05) is 26.7 Å². The van der Waals surface area contributed by atoms with Crippen molar-refractivity contribution in [3.63, 3.8) is 0 Å². The lowest BCUT2D eigenvalue weighted by Gasteiger charge is -2.28. The lowest BCUT2D eigenvalue weighted by molar-refractivity contribution is -0.130. The molecule has 0 saturated carbocycles. The Morgan fingerprint density at radius 2 is 2.12 bits per heavy atom. The number of aromatic nitrogens is 2. The second-order valence-electron chi connectivity index (χ2n) is 9.44. The molecule has 1 amide bonds. The fourth-order valence-corrected chi connectivity index (χ4v) is 5.33. The molecule has 3 aliphatic rings. The molecular formula is C26H32N4O3.